The molecule has 0 aliphatic carbocycles. The van der Waals surface area contributed by atoms with Crippen molar-refractivity contribution in [1.82, 2.24) is 19.0 Å². The first kappa shape index (κ1) is 19.6. The lowest BCUT2D eigenvalue weighted by Gasteiger charge is -2.35. The summed E-state index contributed by atoms with van der Waals surface area (Å²) in [4.78, 5) is 30.4. The summed E-state index contributed by atoms with van der Waals surface area (Å²) in [7, 11) is 0. The third kappa shape index (κ3) is 3.92. The van der Waals surface area contributed by atoms with E-state index < -0.39 is 0 Å². The van der Waals surface area contributed by atoms with E-state index in [2.05, 4.69) is 28.7 Å². The number of hydrogen-bond acceptors (Lipinski definition) is 3. The summed E-state index contributed by atoms with van der Waals surface area (Å²) in [6.07, 6.45) is 5.15. The first-order valence-corrected chi connectivity index (χ1v) is 10.6. The number of fused-ring (bicyclic) bond motifs is 2. The Bertz CT molecular complexity index is 1140. The van der Waals surface area contributed by atoms with Gasteiger partial charge in [0.05, 0.1) is 16.9 Å². The van der Waals surface area contributed by atoms with Gasteiger partial charge in [-0.2, -0.15) is 0 Å². The van der Waals surface area contributed by atoms with Crippen molar-refractivity contribution in [3.8, 4) is 0 Å². The number of carbonyl (C=O) groups is 1. The topological polar surface area (TPSA) is 63.0 Å². The van der Waals surface area contributed by atoms with Crippen molar-refractivity contribution >= 4 is 29.0 Å². The molecule has 6 nitrogen and oxygen atoms in total. The second-order valence-corrected chi connectivity index (χ2v) is 8.02. The van der Waals surface area contributed by atoms with Gasteiger partial charge in [0.1, 0.15) is 0 Å². The van der Waals surface area contributed by atoms with Gasteiger partial charge in [-0.25, -0.2) is 0 Å². The van der Waals surface area contributed by atoms with E-state index in [1.165, 1.54) is 5.69 Å². The molecule has 152 valence electrons. The number of rotatable bonds is 6. The van der Waals surface area contributed by atoms with Gasteiger partial charge in [0.15, 0.2) is 4.77 Å². The summed E-state index contributed by atoms with van der Waals surface area (Å²) in [6, 6.07) is 11.7. The number of nitrogens with one attached hydrogen (secondary N) is 1. The molecule has 7 heteroatoms. The largest absolute Gasteiger partial charge is 0.348 e. The molecule has 1 N–H and O–H groups in total. The third-order valence-electron chi connectivity index (χ3n) is 5.82. The molecule has 1 aliphatic rings. The monoisotopic (exact) mass is 410 g/mol. The molecular weight excluding hydrogens is 384 g/mol. The molecule has 0 spiro atoms. The van der Waals surface area contributed by atoms with Gasteiger partial charge in [0, 0.05) is 37.9 Å². The number of unbranched alkanes of at least 4 members (excludes halogenated alkanes) is 2. The number of benzene rings is 1. The Morgan fingerprint density at radius 2 is 1.97 bits per heavy atom. The van der Waals surface area contributed by atoms with Crippen LogP contribution >= 0.6 is 12.2 Å². The minimum atomic E-state index is -0.0504. The maximum absolute atomic E-state index is 12.7. The molecule has 0 radical (unpaired) electrons. The summed E-state index contributed by atoms with van der Waals surface area (Å²) in [5.74, 6) is 0.213. The van der Waals surface area contributed by atoms with Gasteiger partial charge < -0.3 is 14.5 Å². The van der Waals surface area contributed by atoms with Crippen molar-refractivity contribution in [3.05, 3.63) is 63.4 Å². The SMILES string of the molecule is CC1c2cccn2CCN1C(=O)CCCCCn1c(=S)[nH]c2ccccc2c1=O. The molecule has 2 aromatic heterocycles. The highest BCUT2D eigenvalue weighted by Gasteiger charge is 2.26. The number of nitrogens with zero attached hydrogens (tertiary/aromatic N) is 3. The van der Waals surface area contributed by atoms with Crippen molar-refractivity contribution in [2.24, 2.45) is 0 Å². The van der Waals surface area contributed by atoms with Gasteiger partial charge in [0.2, 0.25) is 5.91 Å². The Hall–Kier alpha value is -2.67. The lowest BCUT2D eigenvalue weighted by molar-refractivity contribution is -0.134. The molecule has 0 saturated carbocycles. The predicted molar refractivity (Wildman–Crippen MR) is 116 cm³/mol. The van der Waals surface area contributed by atoms with Crippen LogP contribution in [0.4, 0.5) is 0 Å². The molecular formula is C22H26N4O2S. The van der Waals surface area contributed by atoms with E-state index in [0.29, 0.717) is 23.1 Å². The van der Waals surface area contributed by atoms with Crippen LogP contribution in [-0.4, -0.2) is 31.5 Å². The van der Waals surface area contributed by atoms with Gasteiger partial charge in [0.25, 0.3) is 5.56 Å². The van der Waals surface area contributed by atoms with Gasteiger partial charge in [-0.15, -0.1) is 0 Å². The van der Waals surface area contributed by atoms with E-state index in [-0.39, 0.29) is 17.5 Å². The highest BCUT2D eigenvalue weighted by Crippen LogP contribution is 2.26. The molecule has 4 rings (SSSR count). The number of amides is 1. The quantitative estimate of drug-likeness (QED) is 0.493. The van der Waals surface area contributed by atoms with Crippen LogP contribution in [0.3, 0.4) is 0 Å². The molecule has 3 heterocycles. The predicted octanol–water partition coefficient (Wildman–Crippen LogP) is 4.02. The Morgan fingerprint density at radius 3 is 2.83 bits per heavy atom. The minimum Gasteiger partial charge on any atom is -0.348 e. The first-order chi connectivity index (χ1) is 14.1. The van der Waals surface area contributed by atoms with E-state index in [0.717, 1.165) is 37.9 Å². The summed E-state index contributed by atoms with van der Waals surface area (Å²) in [5.41, 5.74) is 1.92. The zero-order valence-corrected chi connectivity index (χ0v) is 17.5. The Kier molecular flexibility index (Phi) is 5.67. The molecule has 0 fully saturated rings. The van der Waals surface area contributed by atoms with Gasteiger partial charge >= 0.3 is 0 Å². The Balaban J connectivity index is 1.30. The van der Waals surface area contributed by atoms with Crippen LogP contribution in [-0.2, 0) is 17.9 Å². The number of carbonyl (C=O) groups excluding carboxylic acids is 1. The maximum atomic E-state index is 12.7. The smallest absolute Gasteiger partial charge is 0.262 e. The molecule has 1 atom stereocenters. The standard InChI is InChI=1S/C22H26N4O2S/c1-16-19-10-7-12-24(19)14-15-25(16)20(27)11-3-2-6-13-26-21(28)17-8-4-5-9-18(17)23-22(26)29/h4-5,7-10,12,16H,2-3,6,11,13-15H2,1H3,(H,23,29). The average molecular weight is 411 g/mol. The molecule has 3 aromatic rings. The minimum absolute atomic E-state index is 0.0504. The van der Waals surface area contributed by atoms with Gasteiger partial charge in [-0.3, -0.25) is 14.2 Å². The van der Waals surface area contributed by atoms with E-state index in [1.807, 2.05) is 35.2 Å². The number of H-pyrrole nitrogens is 1. The van der Waals surface area contributed by atoms with Crippen LogP contribution in [0.1, 0.15) is 44.3 Å². The summed E-state index contributed by atoms with van der Waals surface area (Å²) >= 11 is 5.35. The molecule has 1 aliphatic heterocycles. The number of aromatic amines is 1. The lowest BCUT2D eigenvalue weighted by Crippen LogP contribution is -2.40. The Morgan fingerprint density at radius 1 is 1.14 bits per heavy atom. The summed E-state index contributed by atoms with van der Waals surface area (Å²) in [6.45, 7) is 4.29. The average Bonchev–Trinajstić information content (AvgIpc) is 3.20. The van der Waals surface area contributed by atoms with Crippen LogP contribution in [0.15, 0.2) is 47.4 Å². The molecule has 0 bridgehead atoms. The normalized spacial score (nSPS) is 16.2. The van der Waals surface area contributed by atoms with Crippen molar-refractivity contribution in [2.45, 2.75) is 51.7 Å². The van der Waals surface area contributed by atoms with Crippen molar-refractivity contribution < 1.29 is 4.79 Å². The molecule has 1 unspecified atom stereocenters. The number of para-hydroxylation sites is 1. The van der Waals surface area contributed by atoms with Crippen LogP contribution in [0.5, 0.6) is 0 Å². The van der Waals surface area contributed by atoms with Gasteiger partial charge in [-0.05, 0) is 56.2 Å². The van der Waals surface area contributed by atoms with E-state index in [9.17, 15) is 9.59 Å². The maximum Gasteiger partial charge on any atom is 0.262 e. The van der Waals surface area contributed by atoms with Crippen molar-refractivity contribution in [1.29, 1.82) is 0 Å². The van der Waals surface area contributed by atoms with Crippen molar-refractivity contribution in [2.75, 3.05) is 6.54 Å². The molecule has 29 heavy (non-hydrogen) atoms. The lowest BCUT2D eigenvalue weighted by atomic mass is 10.1. The van der Waals surface area contributed by atoms with E-state index >= 15 is 0 Å². The highest BCUT2D eigenvalue weighted by molar-refractivity contribution is 7.71. The number of hydrogen-bond donors (Lipinski definition) is 1. The molecule has 1 aromatic carbocycles. The van der Waals surface area contributed by atoms with E-state index in [4.69, 9.17) is 12.2 Å². The Labute approximate surface area is 174 Å². The first-order valence-electron chi connectivity index (χ1n) is 10.2. The zero-order valence-electron chi connectivity index (χ0n) is 16.6. The molecule has 1 amide bonds. The summed E-state index contributed by atoms with van der Waals surface area (Å²) in [5, 5.41) is 0.653. The zero-order chi connectivity index (χ0) is 20.4. The molecule has 0 saturated heterocycles. The van der Waals surface area contributed by atoms with Crippen LogP contribution in [0.25, 0.3) is 10.9 Å². The number of aromatic nitrogens is 3. The van der Waals surface area contributed by atoms with Crippen molar-refractivity contribution in [3.63, 3.8) is 0 Å². The van der Waals surface area contributed by atoms with Crippen LogP contribution < -0.4 is 5.56 Å². The highest BCUT2D eigenvalue weighted by atomic mass is 32.1. The fraction of sp³-hybridized carbons (Fsp3) is 0.409. The van der Waals surface area contributed by atoms with E-state index in [1.54, 1.807) is 4.57 Å². The third-order valence-corrected chi connectivity index (χ3v) is 6.15. The van der Waals surface area contributed by atoms with Crippen LogP contribution in [0.2, 0.25) is 0 Å². The second-order valence-electron chi connectivity index (χ2n) is 7.63. The van der Waals surface area contributed by atoms with Gasteiger partial charge in [-0.1, -0.05) is 18.6 Å². The van der Waals surface area contributed by atoms with Crippen LogP contribution in [0, 0.1) is 4.77 Å². The fourth-order valence-corrected chi connectivity index (χ4v) is 4.47. The fourth-order valence-electron chi connectivity index (χ4n) is 4.19. The summed E-state index contributed by atoms with van der Waals surface area (Å²) < 4.78 is 4.30. The second kappa shape index (κ2) is 8.37.